The number of imidazole rings is 1. The van der Waals surface area contributed by atoms with Gasteiger partial charge in [0.05, 0.1) is 12.6 Å². The van der Waals surface area contributed by atoms with Gasteiger partial charge in [0, 0.05) is 6.04 Å². The third kappa shape index (κ3) is 2.95. The first-order chi connectivity index (χ1) is 7.84. The Hall–Kier alpha value is -1.59. The molecule has 6 heteroatoms. The molecule has 0 saturated carbocycles. The molecule has 1 aromatic heterocycles. The molecule has 17 heavy (non-hydrogen) atoms. The molecule has 0 spiro atoms. The number of hydrogen-bond acceptors (Lipinski definition) is 3. The molecule has 0 aromatic carbocycles. The number of carbonyl (C=O) groups excluding carboxylic acids is 2. The SMILES string of the molecule is Cc1ncc(C(=O)CC(=O)C(F)F)n1C(C)C. The molecule has 1 aromatic rings. The molecule has 4 nitrogen and oxygen atoms in total. The predicted octanol–water partition coefficient (Wildman–Crippen LogP) is 2.18. The Labute approximate surface area is 97.6 Å². The van der Waals surface area contributed by atoms with Crippen molar-refractivity contribution in [2.75, 3.05) is 0 Å². The van der Waals surface area contributed by atoms with E-state index in [0.717, 1.165) is 0 Å². The van der Waals surface area contributed by atoms with Gasteiger partial charge in [0.15, 0.2) is 5.78 Å². The van der Waals surface area contributed by atoms with Gasteiger partial charge in [0.1, 0.15) is 11.5 Å². The van der Waals surface area contributed by atoms with E-state index >= 15 is 0 Å². The molecule has 0 aliphatic heterocycles. The highest BCUT2D eigenvalue weighted by Gasteiger charge is 2.23. The molecule has 0 amide bonds. The second kappa shape index (κ2) is 5.16. The average molecular weight is 244 g/mol. The quantitative estimate of drug-likeness (QED) is 0.589. The molecule has 0 N–H and O–H groups in total. The molecular formula is C11H14F2N2O2. The van der Waals surface area contributed by atoms with Crippen LogP contribution in [0.5, 0.6) is 0 Å². The van der Waals surface area contributed by atoms with E-state index in [1.54, 1.807) is 11.5 Å². The maximum Gasteiger partial charge on any atom is 0.296 e. The molecule has 0 saturated heterocycles. The number of alkyl halides is 2. The zero-order valence-electron chi connectivity index (χ0n) is 9.91. The number of aryl methyl sites for hydroxylation is 1. The van der Waals surface area contributed by atoms with Crippen molar-refractivity contribution >= 4 is 11.6 Å². The summed E-state index contributed by atoms with van der Waals surface area (Å²) >= 11 is 0. The Morgan fingerprint density at radius 3 is 2.47 bits per heavy atom. The normalized spacial score (nSPS) is 11.2. The van der Waals surface area contributed by atoms with Gasteiger partial charge in [-0.05, 0) is 20.8 Å². The number of carbonyl (C=O) groups is 2. The standard InChI is InChI=1S/C11H14F2N2O2/c1-6(2)15-7(3)14-5-8(15)9(16)4-10(17)11(12)13/h5-6,11H,4H2,1-3H3. The van der Waals surface area contributed by atoms with Crippen LogP contribution in [0.4, 0.5) is 8.78 Å². The summed E-state index contributed by atoms with van der Waals surface area (Å²) in [6.45, 7) is 5.41. The van der Waals surface area contributed by atoms with E-state index in [2.05, 4.69) is 4.98 Å². The van der Waals surface area contributed by atoms with Crippen LogP contribution in [0.25, 0.3) is 0 Å². The summed E-state index contributed by atoms with van der Waals surface area (Å²) in [6.07, 6.45) is -2.57. The molecule has 0 aliphatic rings. The van der Waals surface area contributed by atoms with Gasteiger partial charge < -0.3 is 4.57 Å². The van der Waals surface area contributed by atoms with Crippen molar-refractivity contribution in [2.24, 2.45) is 0 Å². The van der Waals surface area contributed by atoms with E-state index in [0.29, 0.717) is 5.82 Å². The molecule has 0 unspecified atom stereocenters. The lowest BCUT2D eigenvalue weighted by Gasteiger charge is -2.12. The van der Waals surface area contributed by atoms with Crippen molar-refractivity contribution in [3.8, 4) is 0 Å². The topological polar surface area (TPSA) is 52.0 Å². The van der Waals surface area contributed by atoms with Crippen LogP contribution in [0, 0.1) is 6.92 Å². The second-order valence-electron chi connectivity index (χ2n) is 4.02. The van der Waals surface area contributed by atoms with Gasteiger partial charge in [-0.2, -0.15) is 0 Å². The minimum absolute atomic E-state index is 0.0156. The van der Waals surface area contributed by atoms with E-state index in [1.807, 2.05) is 13.8 Å². The number of nitrogens with zero attached hydrogens (tertiary/aromatic N) is 2. The van der Waals surface area contributed by atoms with E-state index in [-0.39, 0.29) is 11.7 Å². The summed E-state index contributed by atoms with van der Waals surface area (Å²) in [5, 5.41) is 0. The van der Waals surface area contributed by atoms with Crippen LogP contribution >= 0.6 is 0 Å². The molecule has 0 radical (unpaired) electrons. The largest absolute Gasteiger partial charge is 0.323 e. The second-order valence-corrected chi connectivity index (χ2v) is 4.02. The molecule has 0 atom stereocenters. The first-order valence-electron chi connectivity index (χ1n) is 5.22. The summed E-state index contributed by atoms with van der Waals surface area (Å²) < 4.78 is 25.7. The minimum Gasteiger partial charge on any atom is -0.323 e. The smallest absolute Gasteiger partial charge is 0.296 e. The van der Waals surface area contributed by atoms with Crippen LogP contribution in [0.1, 0.15) is 42.6 Å². The fraction of sp³-hybridized carbons (Fsp3) is 0.545. The zero-order chi connectivity index (χ0) is 13.2. The first kappa shape index (κ1) is 13.5. The molecule has 0 aliphatic carbocycles. The third-order valence-corrected chi connectivity index (χ3v) is 2.36. The van der Waals surface area contributed by atoms with Crippen molar-refractivity contribution in [3.63, 3.8) is 0 Å². The third-order valence-electron chi connectivity index (χ3n) is 2.36. The Morgan fingerprint density at radius 2 is 2.00 bits per heavy atom. The number of rotatable bonds is 5. The van der Waals surface area contributed by atoms with Gasteiger partial charge in [-0.15, -0.1) is 0 Å². The first-order valence-corrected chi connectivity index (χ1v) is 5.22. The Balaban J connectivity index is 2.94. The molecular weight excluding hydrogens is 230 g/mol. The molecule has 0 bridgehead atoms. The Morgan fingerprint density at radius 1 is 1.41 bits per heavy atom. The Bertz CT molecular complexity index is 439. The maximum atomic E-state index is 12.0. The van der Waals surface area contributed by atoms with Crippen LogP contribution in [-0.2, 0) is 4.79 Å². The van der Waals surface area contributed by atoms with Gasteiger partial charge in [-0.1, -0.05) is 0 Å². The van der Waals surface area contributed by atoms with E-state index in [1.165, 1.54) is 6.20 Å². The van der Waals surface area contributed by atoms with Crippen molar-refractivity contribution in [1.82, 2.24) is 9.55 Å². The van der Waals surface area contributed by atoms with E-state index in [4.69, 9.17) is 0 Å². The van der Waals surface area contributed by atoms with Gasteiger partial charge in [0.2, 0.25) is 5.78 Å². The number of hydrogen-bond donors (Lipinski definition) is 0. The predicted molar refractivity (Wildman–Crippen MR) is 57.3 cm³/mol. The fourth-order valence-corrected chi connectivity index (χ4v) is 1.64. The Kier molecular flexibility index (Phi) is 4.09. The van der Waals surface area contributed by atoms with Crippen molar-refractivity contribution in [2.45, 2.75) is 39.7 Å². The lowest BCUT2D eigenvalue weighted by molar-refractivity contribution is -0.128. The van der Waals surface area contributed by atoms with Crippen LogP contribution in [-0.4, -0.2) is 27.5 Å². The summed E-state index contributed by atoms with van der Waals surface area (Å²) in [7, 11) is 0. The number of halogens is 2. The van der Waals surface area contributed by atoms with Crippen molar-refractivity contribution < 1.29 is 18.4 Å². The molecule has 1 rings (SSSR count). The van der Waals surface area contributed by atoms with Crippen LogP contribution in [0.2, 0.25) is 0 Å². The van der Waals surface area contributed by atoms with Gasteiger partial charge in [-0.3, -0.25) is 9.59 Å². The summed E-state index contributed by atoms with van der Waals surface area (Å²) in [5.41, 5.74) is 0.200. The van der Waals surface area contributed by atoms with E-state index < -0.39 is 24.4 Å². The van der Waals surface area contributed by atoms with Gasteiger partial charge >= 0.3 is 0 Å². The van der Waals surface area contributed by atoms with Crippen LogP contribution < -0.4 is 0 Å². The highest BCUT2D eigenvalue weighted by Crippen LogP contribution is 2.15. The highest BCUT2D eigenvalue weighted by atomic mass is 19.3. The van der Waals surface area contributed by atoms with Crippen LogP contribution in [0.15, 0.2) is 6.20 Å². The van der Waals surface area contributed by atoms with Crippen molar-refractivity contribution in [1.29, 1.82) is 0 Å². The average Bonchev–Trinajstić information content (AvgIpc) is 2.59. The number of Topliss-reactive ketones (excluding diaryl/α,β-unsaturated/α-hetero) is 2. The maximum absolute atomic E-state index is 12.0. The molecule has 94 valence electrons. The monoisotopic (exact) mass is 244 g/mol. The highest BCUT2D eigenvalue weighted by molar-refractivity contribution is 6.07. The fourth-order valence-electron chi connectivity index (χ4n) is 1.64. The van der Waals surface area contributed by atoms with Crippen LogP contribution in [0.3, 0.4) is 0 Å². The van der Waals surface area contributed by atoms with Gasteiger partial charge in [0.25, 0.3) is 6.43 Å². The molecule has 1 heterocycles. The summed E-state index contributed by atoms with van der Waals surface area (Å²) in [5.74, 6) is -1.36. The van der Waals surface area contributed by atoms with E-state index in [9.17, 15) is 18.4 Å². The number of ketones is 2. The number of aromatic nitrogens is 2. The lowest BCUT2D eigenvalue weighted by Crippen LogP contribution is -2.19. The molecule has 0 fully saturated rings. The zero-order valence-corrected chi connectivity index (χ0v) is 9.91. The lowest BCUT2D eigenvalue weighted by atomic mass is 10.1. The minimum atomic E-state index is -3.10. The summed E-state index contributed by atoms with van der Waals surface area (Å²) in [6, 6.07) is -0.0156. The van der Waals surface area contributed by atoms with Gasteiger partial charge in [-0.25, -0.2) is 13.8 Å². The van der Waals surface area contributed by atoms with Crippen molar-refractivity contribution in [3.05, 3.63) is 17.7 Å². The summed E-state index contributed by atoms with van der Waals surface area (Å²) in [4.78, 5) is 26.5.